The van der Waals surface area contributed by atoms with Gasteiger partial charge in [-0.25, -0.2) is 8.78 Å². The summed E-state index contributed by atoms with van der Waals surface area (Å²) >= 11 is 0. The van der Waals surface area contributed by atoms with Crippen molar-refractivity contribution in [2.24, 2.45) is 0 Å². The van der Waals surface area contributed by atoms with Crippen LogP contribution < -0.4 is 0 Å². The second-order valence-electron chi connectivity index (χ2n) is 4.21. The fourth-order valence-corrected chi connectivity index (χ4v) is 2.03. The minimum atomic E-state index is -0.963. The van der Waals surface area contributed by atoms with Crippen LogP contribution in [0.1, 0.15) is 31.4 Å². The van der Waals surface area contributed by atoms with Crippen molar-refractivity contribution in [2.45, 2.75) is 38.1 Å². The van der Waals surface area contributed by atoms with E-state index in [0.29, 0.717) is 6.42 Å². The summed E-state index contributed by atoms with van der Waals surface area (Å²) in [5.74, 6) is -1.36. The molecule has 1 N–H and O–H groups in total. The Hall–Kier alpha value is -1.00. The van der Waals surface area contributed by atoms with Crippen molar-refractivity contribution < 1.29 is 18.6 Å². The van der Waals surface area contributed by atoms with Crippen LogP contribution in [-0.4, -0.2) is 17.3 Å². The van der Waals surface area contributed by atoms with Crippen molar-refractivity contribution in [3.05, 3.63) is 35.4 Å². The van der Waals surface area contributed by atoms with Crippen LogP contribution in [0.2, 0.25) is 0 Å². The van der Waals surface area contributed by atoms with Gasteiger partial charge in [-0.15, -0.1) is 0 Å². The normalized spacial score (nSPS) is 27.0. The summed E-state index contributed by atoms with van der Waals surface area (Å²) in [6, 6.07) is 3.06. The molecule has 1 aliphatic heterocycles. The van der Waals surface area contributed by atoms with Crippen LogP contribution in [0.4, 0.5) is 8.78 Å². The van der Waals surface area contributed by atoms with E-state index in [1.54, 1.807) is 0 Å². The first-order valence-corrected chi connectivity index (χ1v) is 5.36. The molecule has 16 heavy (non-hydrogen) atoms. The summed E-state index contributed by atoms with van der Waals surface area (Å²) in [4.78, 5) is 0. The lowest BCUT2D eigenvalue weighted by molar-refractivity contribution is -0.0299. The van der Waals surface area contributed by atoms with E-state index in [2.05, 4.69) is 0 Å². The molecular weight excluding hydrogens is 214 g/mol. The van der Waals surface area contributed by atoms with Crippen molar-refractivity contribution in [3.8, 4) is 0 Å². The van der Waals surface area contributed by atoms with Gasteiger partial charge in [0.05, 0.1) is 12.2 Å². The lowest BCUT2D eigenvalue weighted by Crippen LogP contribution is -2.18. The minimum absolute atomic E-state index is 0.0954. The van der Waals surface area contributed by atoms with E-state index in [0.717, 1.165) is 24.6 Å². The van der Waals surface area contributed by atoms with Gasteiger partial charge in [-0.1, -0.05) is 0 Å². The molecule has 4 heteroatoms. The van der Waals surface area contributed by atoms with Crippen LogP contribution in [0.25, 0.3) is 0 Å². The Morgan fingerprint density at radius 1 is 1.25 bits per heavy atom. The van der Waals surface area contributed by atoms with Crippen LogP contribution in [0.15, 0.2) is 18.2 Å². The first kappa shape index (κ1) is 11.5. The predicted molar refractivity (Wildman–Crippen MR) is 54.9 cm³/mol. The number of ether oxygens (including phenoxy) is 1. The fourth-order valence-electron chi connectivity index (χ4n) is 2.03. The molecule has 0 amide bonds. The third-order valence-electron chi connectivity index (χ3n) is 2.84. The molecule has 2 nitrogen and oxygen atoms in total. The maximum Gasteiger partial charge on any atom is 0.126 e. The fraction of sp³-hybridized carbons (Fsp3) is 0.500. The molecule has 0 radical (unpaired) electrons. The van der Waals surface area contributed by atoms with Gasteiger partial charge in [0.15, 0.2) is 0 Å². The van der Waals surface area contributed by atoms with Gasteiger partial charge in [-0.05, 0) is 37.5 Å². The molecule has 88 valence electrons. The molecule has 0 bridgehead atoms. The van der Waals surface area contributed by atoms with E-state index in [1.165, 1.54) is 0 Å². The summed E-state index contributed by atoms with van der Waals surface area (Å²) in [5, 5.41) is 9.93. The van der Waals surface area contributed by atoms with E-state index < -0.39 is 17.7 Å². The average Bonchev–Trinajstić information content (AvgIpc) is 2.62. The van der Waals surface area contributed by atoms with Crippen LogP contribution in [0.3, 0.4) is 0 Å². The topological polar surface area (TPSA) is 29.5 Å². The molecule has 1 saturated heterocycles. The molecule has 2 rings (SSSR count). The highest BCUT2D eigenvalue weighted by Gasteiger charge is 2.29. The Bertz CT molecular complexity index is 361. The molecule has 1 aromatic rings. The molecule has 1 aliphatic rings. The van der Waals surface area contributed by atoms with Crippen molar-refractivity contribution in [1.29, 1.82) is 0 Å². The number of rotatable bonds is 2. The lowest BCUT2D eigenvalue weighted by atomic mass is 10.0. The third kappa shape index (κ3) is 2.39. The van der Waals surface area contributed by atoms with Crippen molar-refractivity contribution >= 4 is 0 Å². The zero-order chi connectivity index (χ0) is 11.7. The Morgan fingerprint density at radius 3 is 2.38 bits per heavy atom. The summed E-state index contributed by atoms with van der Waals surface area (Å²) in [7, 11) is 0. The molecule has 1 fully saturated rings. The summed E-state index contributed by atoms with van der Waals surface area (Å²) in [6.07, 6.45) is 0.337. The molecular formula is C12H14F2O2. The van der Waals surface area contributed by atoms with Crippen LogP contribution in [0, 0.1) is 11.6 Å². The largest absolute Gasteiger partial charge is 0.386 e. The molecule has 0 aromatic heterocycles. The van der Waals surface area contributed by atoms with E-state index >= 15 is 0 Å². The predicted octanol–water partition coefficient (Wildman–Crippen LogP) is 2.57. The van der Waals surface area contributed by atoms with Gasteiger partial charge in [0, 0.05) is 6.07 Å². The third-order valence-corrected chi connectivity index (χ3v) is 2.84. The van der Waals surface area contributed by atoms with E-state index in [9.17, 15) is 13.9 Å². The highest BCUT2D eigenvalue weighted by Crippen LogP contribution is 2.30. The van der Waals surface area contributed by atoms with Crippen molar-refractivity contribution in [1.82, 2.24) is 0 Å². The van der Waals surface area contributed by atoms with Gasteiger partial charge in [0.1, 0.15) is 17.7 Å². The summed E-state index contributed by atoms with van der Waals surface area (Å²) < 4.78 is 31.4. The number of hydrogen-bond donors (Lipinski definition) is 1. The number of aliphatic hydroxyl groups is 1. The SMILES string of the molecule is CC1CCC(C(O)c2cc(F)cc(F)c2)O1. The monoisotopic (exact) mass is 228 g/mol. The quantitative estimate of drug-likeness (QED) is 0.843. The van der Waals surface area contributed by atoms with Gasteiger partial charge in [-0.2, -0.15) is 0 Å². The molecule has 1 aromatic carbocycles. The Balaban J connectivity index is 2.17. The number of hydrogen-bond acceptors (Lipinski definition) is 2. The molecule has 3 atom stereocenters. The zero-order valence-electron chi connectivity index (χ0n) is 8.99. The molecule has 3 unspecified atom stereocenters. The summed E-state index contributed by atoms with van der Waals surface area (Å²) in [6.45, 7) is 1.92. The van der Waals surface area contributed by atoms with Gasteiger partial charge in [0.2, 0.25) is 0 Å². The van der Waals surface area contributed by atoms with Gasteiger partial charge < -0.3 is 9.84 Å². The molecule has 0 saturated carbocycles. The smallest absolute Gasteiger partial charge is 0.126 e. The Morgan fingerprint density at radius 2 is 1.88 bits per heavy atom. The highest BCUT2D eigenvalue weighted by atomic mass is 19.1. The van der Waals surface area contributed by atoms with E-state index in [-0.39, 0.29) is 17.8 Å². The average molecular weight is 228 g/mol. The summed E-state index contributed by atoms with van der Waals surface area (Å²) in [5.41, 5.74) is 0.233. The Labute approximate surface area is 92.9 Å². The van der Waals surface area contributed by atoms with Crippen LogP contribution in [-0.2, 0) is 4.74 Å². The van der Waals surface area contributed by atoms with Crippen LogP contribution >= 0.6 is 0 Å². The number of halogens is 2. The minimum Gasteiger partial charge on any atom is -0.386 e. The zero-order valence-corrected chi connectivity index (χ0v) is 8.99. The molecule has 1 heterocycles. The molecule has 0 aliphatic carbocycles. The van der Waals surface area contributed by atoms with Gasteiger partial charge in [0.25, 0.3) is 0 Å². The molecule has 0 spiro atoms. The second-order valence-corrected chi connectivity index (χ2v) is 4.21. The van der Waals surface area contributed by atoms with Crippen LogP contribution in [0.5, 0.6) is 0 Å². The first-order valence-electron chi connectivity index (χ1n) is 5.36. The van der Waals surface area contributed by atoms with E-state index in [1.807, 2.05) is 6.92 Å². The first-order chi connectivity index (χ1) is 7.56. The second kappa shape index (κ2) is 4.47. The highest BCUT2D eigenvalue weighted by molar-refractivity contribution is 5.21. The number of benzene rings is 1. The van der Waals surface area contributed by atoms with Gasteiger partial charge in [-0.3, -0.25) is 0 Å². The maximum atomic E-state index is 13.0. The van der Waals surface area contributed by atoms with Crippen molar-refractivity contribution in [2.75, 3.05) is 0 Å². The van der Waals surface area contributed by atoms with Gasteiger partial charge >= 0.3 is 0 Å². The standard InChI is InChI=1S/C12H14F2O2/c1-7-2-3-11(16-7)12(15)8-4-9(13)6-10(14)5-8/h4-7,11-12,15H,2-3H2,1H3. The lowest BCUT2D eigenvalue weighted by Gasteiger charge is -2.18. The Kier molecular flexibility index (Phi) is 3.21. The number of aliphatic hydroxyl groups excluding tert-OH is 1. The van der Waals surface area contributed by atoms with Crippen molar-refractivity contribution in [3.63, 3.8) is 0 Å². The van der Waals surface area contributed by atoms with E-state index in [4.69, 9.17) is 4.74 Å². The maximum absolute atomic E-state index is 13.0.